The van der Waals surface area contributed by atoms with Crippen LogP contribution in [0.25, 0.3) is 32.1 Å². The lowest BCUT2D eigenvalue weighted by Gasteiger charge is -2.38. The number of aromatic nitrogens is 2. The summed E-state index contributed by atoms with van der Waals surface area (Å²) in [6, 6.07) is 6.25. The van der Waals surface area contributed by atoms with Crippen molar-refractivity contribution in [2.75, 3.05) is 51.8 Å². The zero-order valence-corrected chi connectivity index (χ0v) is 28.4. The molecule has 0 spiro atoms. The summed E-state index contributed by atoms with van der Waals surface area (Å²) < 4.78 is 53.1. The number of hydrogen-bond acceptors (Lipinski definition) is 9. The van der Waals surface area contributed by atoms with E-state index in [1.54, 1.807) is 32.0 Å². The predicted octanol–water partition coefficient (Wildman–Crippen LogP) is 6.84. The minimum Gasteiger partial charge on any atom is -0.461 e. The fraction of sp³-hybridized carbons (Fsp3) is 0.471. The maximum atomic E-state index is 17.1. The van der Waals surface area contributed by atoms with Gasteiger partial charge in [0.2, 0.25) is 0 Å². The molecule has 1 N–H and O–H groups in total. The van der Waals surface area contributed by atoms with Gasteiger partial charge in [0.1, 0.15) is 41.0 Å². The monoisotopic (exact) mass is 697 g/mol. The molecule has 0 amide bonds. The van der Waals surface area contributed by atoms with Crippen LogP contribution in [0.5, 0.6) is 6.01 Å². The molecular weight excluding hydrogens is 663 g/mol. The molecule has 252 valence electrons. The summed E-state index contributed by atoms with van der Waals surface area (Å²) in [4.78, 5) is 19.3. The van der Waals surface area contributed by atoms with Crippen molar-refractivity contribution in [3.63, 3.8) is 0 Å². The number of benzene rings is 2. The summed E-state index contributed by atoms with van der Waals surface area (Å²) in [6.07, 6.45) is 3.90. The van der Waals surface area contributed by atoms with E-state index >= 15 is 8.78 Å². The fourth-order valence-corrected chi connectivity index (χ4v) is 8.81. The second-order valence-corrected chi connectivity index (χ2v) is 15.0. The van der Waals surface area contributed by atoms with Crippen LogP contribution in [0.4, 0.5) is 24.0 Å². The number of thiophene rings is 1. The highest BCUT2D eigenvalue weighted by Gasteiger charge is 2.49. The molecule has 0 unspecified atom stereocenters. The number of alkyl halides is 1. The smallest absolute Gasteiger partial charge is 0.319 e. The molecule has 14 heteroatoms. The minimum absolute atomic E-state index is 0.0176. The highest BCUT2D eigenvalue weighted by molar-refractivity contribution is 7.23. The van der Waals surface area contributed by atoms with Gasteiger partial charge >= 0.3 is 6.01 Å². The normalized spacial score (nSPS) is 24.6. The van der Waals surface area contributed by atoms with Crippen LogP contribution in [0.1, 0.15) is 44.6 Å². The van der Waals surface area contributed by atoms with E-state index in [0.29, 0.717) is 43.6 Å². The number of rotatable bonds is 7. The van der Waals surface area contributed by atoms with E-state index in [0.717, 1.165) is 30.7 Å². The van der Waals surface area contributed by atoms with Crippen LogP contribution in [-0.2, 0) is 0 Å². The number of piperidine rings is 1. The number of nitrogens with zero attached hydrogens (tertiary/aromatic N) is 7. The van der Waals surface area contributed by atoms with E-state index in [1.807, 2.05) is 4.90 Å². The molecule has 0 aliphatic carbocycles. The van der Waals surface area contributed by atoms with Crippen LogP contribution in [0.15, 0.2) is 23.2 Å². The maximum absolute atomic E-state index is 17.1. The molecular formula is C34H35ClF3N7O2S. The summed E-state index contributed by atoms with van der Waals surface area (Å²) in [6.45, 7) is 3.84. The van der Waals surface area contributed by atoms with E-state index in [1.165, 1.54) is 18.5 Å². The van der Waals surface area contributed by atoms with Gasteiger partial charge in [-0.2, -0.15) is 15.2 Å². The molecule has 5 heterocycles. The number of hydrogen-bond donors (Lipinski definition) is 1. The molecule has 3 aliphatic heterocycles. The van der Waals surface area contributed by atoms with Crippen molar-refractivity contribution in [2.45, 2.75) is 56.3 Å². The van der Waals surface area contributed by atoms with E-state index < -0.39 is 28.9 Å². The van der Waals surface area contributed by atoms with Crippen molar-refractivity contribution in [2.24, 2.45) is 4.99 Å². The van der Waals surface area contributed by atoms with Crippen LogP contribution in [-0.4, -0.2) is 95.4 Å². The van der Waals surface area contributed by atoms with Gasteiger partial charge in [0.05, 0.1) is 32.8 Å². The van der Waals surface area contributed by atoms with Gasteiger partial charge in [-0.15, -0.1) is 11.3 Å². The van der Waals surface area contributed by atoms with Gasteiger partial charge in [0.15, 0.2) is 5.82 Å². The first-order chi connectivity index (χ1) is 22.9. The Morgan fingerprint density at radius 3 is 2.79 bits per heavy atom. The number of anilines is 1. The number of fused-ring (bicyclic) bond motifs is 3. The van der Waals surface area contributed by atoms with E-state index in [2.05, 4.69) is 20.9 Å². The molecule has 4 aromatic rings. The molecule has 0 bridgehead atoms. The molecule has 9 nitrogen and oxygen atoms in total. The van der Waals surface area contributed by atoms with Crippen LogP contribution in [0, 0.1) is 23.0 Å². The zero-order chi connectivity index (χ0) is 34.0. The lowest BCUT2D eigenvalue weighted by molar-refractivity contribution is 0.0447. The Hall–Kier alpha value is -3.70. The number of ether oxygens (including phenoxy) is 1. The standard InChI is InChI=1S/C34H35ClF3N7O2S/c1-33(46)8-4-10-44(16-33)30-21-12-23(35)26(20-6-7-24(37)29-25(20)22(14-39)31(48-29)40-18-43(2)3)27(38)28(21)41-32(42-30)47-17-34-9-5-11-45(34)15-19(36)13-34/h6-7,12,18-19,46H,4-5,8-11,13,15-17H2,1-3H3/t19-,33-,34+/m1/s1. The third-order valence-corrected chi connectivity index (χ3v) is 11.0. The number of aliphatic imine (C=N–C) groups is 1. The molecule has 3 aliphatic rings. The van der Waals surface area contributed by atoms with Gasteiger partial charge in [-0.05, 0) is 56.8 Å². The molecule has 3 fully saturated rings. The fourth-order valence-electron chi connectivity index (χ4n) is 7.49. The predicted molar refractivity (Wildman–Crippen MR) is 182 cm³/mol. The summed E-state index contributed by atoms with van der Waals surface area (Å²) in [5, 5.41) is 21.9. The highest BCUT2D eigenvalue weighted by Crippen LogP contribution is 2.47. The SMILES string of the molecule is CN(C)C=Nc1sc2c(F)ccc(-c3c(Cl)cc4c(N5CCC[C@@](C)(O)C5)nc(OC[C@@]56CCCN5C[C@H](F)C6)nc4c3F)c2c1C#N. The lowest BCUT2D eigenvalue weighted by atomic mass is 9.94. The number of aliphatic hydroxyl groups is 1. The third kappa shape index (κ3) is 5.72. The van der Waals surface area contributed by atoms with Crippen molar-refractivity contribution in [1.29, 1.82) is 5.26 Å². The first-order valence-electron chi connectivity index (χ1n) is 15.9. The Balaban J connectivity index is 1.40. The topological polar surface area (TPSA) is 101 Å². The minimum atomic E-state index is -0.999. The molecule has 0 saturated carbocycles. The third-order valence-electron chi connectivity index (χ3n) is 9.61. The number of nitriles is 1. The summed E-state index contributed by atoms with van der Waals surface area (Å²) in [5.41, 5.74) is -1.28. The Morgan fingerprint density at radius 2 is 2.04 bits per heavy atom. The number of β-amino-alcohol motifs (C(OH)–C–C–N with tert-alkyl or cyclic N) is 1. The van der Waals surface area contributed by atoms with Crippen molar-refractivity contribution in [3.8, 4) is 23.2 Å². The molecule has 48 heavy (non-hydrogen) atoms. The van der Waals surface area contributed by atoms with Gasteiger partial charge in [-0.1, -0.05) is 17.7 Å². The molecule has 3 saturated heterocycles. The summed E-state index contributed by atoms with van der Waals surface area (Å²) in [7, 11) is 3.54. The van der Waals surface area contributed by atoms with Crippen molar-refractivity contribution < 1.29 is 23.0 Å². The summed E-state index contributed by atoms with van der Waals surface area (Å²) >= 11 is 7.87. The lowest BCUT2D eigenvalue weighted by Crippen LogP contribution is -2.46. The van der Waals surface area contributed by atoms with Crippen molar-refractivity contribution in [1.82, 2.24) is 19.8 Å². The Bertz CT molecular complexity index is 2000. The van der Waals surface area contributed by atoms with E-state index in [9.17, 15) is 14.8 Å². The molecule has 3 atom stereocenters. The van der Waals surface area contributed by atoms with Gasteiger partial charge < -0.3 is 19.6 Å². The van der Waals surface area contributed by atoms with Crippen LogP contribution < -0.4 is 9.64 Å². The van der Waals surface area contributed by atoms with Gasteiger partial charge in [-0.25, -0.2) is 18.2 Å². The average Bonchev–Trinajstić information content (AvgIpc) is 3.69. The van der Waals surface area contributed by atoms with Gasteiger partial charge in [-0.3, -0.25) is 4.90 Å². The molecule has 7 rings (SSSR count). The summed E-state index contributed by atoms with van der Waals surface area (Å²) in [5.74, 6) is -1.00. The Morgan fingerprint density at radius 1 is 1.25 bits per heavy atom. The van der Waals surface area contributed by atoms with Crippen molar-refractivity contribution in [3.05, 3.63) is 40.4 Å². The maximum Gasteiger partial charge on any atom is 0.319 e. The molecule has 2 aromatic carbocycles. The van der Waals surface area contributed by atoms with E-state index in [4.69, 9.17) is 21.3 Å². The van der Waals surface area contributed by atoms with E-state index in [-0.39, 0.29) is 61.5 Å². The zero-order valence-electron chi connectivity index (χ0n) is 26.9. The largest absolute Gasteiger partial charge is 0.461 e. The second-order valence-electron chi connectivity index (χ2n) is 13.6. The highest BCUT2D eigenvalue weighted by atomic mass is 35.5. The van der Waals surface area contributed by atoms with Gasteiger partial charge in [0, 0.05) is 56.5 Å². The number of halogens is 4. The Labute approximate surface area is 285 Å². The van der Waals surface area contributed by atoms with Crippen LogP contribution in [0.2, 0.25) is 5.02 Å². The average molecular weight is 698 g/mol. The van der Waals surface area contributed by atoms with Gasteiger partial charge in [0.25, 0.3) is 0 Å². The van der Waals surface area contributed by atoms with Crippen LogP contribution in [0.3, 0.4) is 0 Å². The van der Waals surface area contributed by atoms with Crippen molar-refractivity contribution >= 4 is 61.1 Å². The first-order valence-corrected chi connectivity index (χ1v) is 17.1. The molecule has 0 radical (unpaired) electrons. The van der Waals surface area contributed by atoms with Crippen LogP contribution >= 0.6 is 22.9 Å². The second kappa shape index (κ2) is 12.3. The molecule has 2 aromatic heterocycles. The quantitative estimate of drug-likeness (QED) is 0.166. The first kappa shape index (κ1) is 32.8. The Kier molecular flexibility index (Phi) is 8.43.